The Morgan fingerprint density at radius 1 is 1.00 bits per heavy atom. The number of benzene rings is 1. The van der Waals surface area contributed by atoms with Crippen LogP contribution in [-0.2, 0) is 30.4 Å². The smallest absolute Gasteiger partial charge is 0.302 e. The number of carbonyl (C=O) groups is 2. The molecule has 134 valence electrons. The molecule has 0 spiro atoms. The summed E-state index contributed by atoms with van der Waals surface area (Å²) < 4.78 is 20.7. The Balaban J connectivity index is 2.63. The zero-order valence-corrected chi connectivity index (χ0v) is 14.2. The lowest BCUT2D eigenvalue weighted by Gasteiger charge is -2.30. The summed E-state index contributed by atoms with van der Waals surface area (Å²) in [6.07, 6.45) is 0. The molecule has 0 atom stereocenters. The predicted octanol–water partition coefficient (Wildman–Crippen LogP) is 1.32. The van der Waals surface area contributed by atoms with Crippen LogP contribution in [0.15, 0.2) is 24.3 Å². The van der Waals surface area contributed by atoms with Crippen molar-refractivity contribution < 1.29 is 33.6 Å². The van der Waals surface area contributed by atoms with Gasteiger partial charge in [-0.15, -0.1) is 0 Å². The molecule has 0 saturated heterocycles. The Kier molecular flexibility index (Phi) is 8.21. The summed E-state index contributed by atoms with van der Waals surface area (Å²) in [5, 5.41) is 9.69. The van der Waals surface area contributed by atoms with E-state index in [0.717, 1.165) is 11.3 Å². The Morgan fingerprint density at radius 2 is 1.54 bits per heavy atom. The minimum Gasteiger partial charge on any atom is -0.497 e. The summed E-state index contributed by atoms with van der Waals surface area (Å²) in [6.45, 7) is 2.35. The van der Waals surface area contributed by atoms with E-state index in [1.807, 2.05) is 24.3 Å². The number of esters is 2. The zero-order valence-electron chi connectivity index (χ0n) is 14.2. The average molecular weight is 340 g/mol. The van der Waals surface area contributed by atoms with E-state index in [-0.39, 0.29) is 26.4 Å². The lowest BCUT2D eigenvalue weighted by molar-refractivity contribution is -0.158. The first kappa shape index (κ1) is 19.9. The van der Waals surface area contributed by atoms with Crippen LogP contribution in [0, 0.1) is 5.41 Å². The van der Waals surface area contributed by atoms with Crippen LogP contribution in [0.2, 0.25) is 0 Å². The fourth-order valence-electron chi connectivity index (χ4n) is 1.88. The van der Waals surface area contributed by atoms with Crippen LogP contribution < -0.4 is 4.74 Å². The maximum Gasteiger partial charge on any atom is 0.302 e. The van der Waals surface area contributed by atoms with Crippen molar-refractivity contribution in [2.24, 2.45) is 5.41 Å². The van der Waals surface area contributed by atoms with Crippen molar-refractivity contribution in [3.8, 4) is 5.75 Å². The van der Waals surface area contributed by atoms with E-state index >= 15 is 0 Å². The van der Waals surface area contributed by atoms with Crippen LogP contribution in [0.1, 0.15) is 19.4 Å². The molecule has 1 aromatic rings. The van der Waals surface area contributed by atoms with Gasteiger partial charge in [-0.05, 0) is 17.7 Å². The second-order valence-electron chi connectivity index (χ2n) is 5.56. The van der Waals surface area contributed by atoms with Gasteiger partial charge in [-0.2, -0.15) is 0 Å². The minimum absolute atomic E-state index is 0.0656. The Bertz CT molecular complexity index is 506. The Labute approximate surface area is 141 Å². The van der Waals surface area contributed by atoms with Crippen molar-refractivity contribution >= 4 is 11.9 Å². The van der Waals surface area contributed by atoms with Crippen molar-refractivity contribution in [3.63, 3.8) is 0 Å². The highest BCUT2D eigenvalue weighted by Gasteiger charge is 2.33. The van der Waals surface area contributed by atoms with E-state index in [4.69, 9.17) is 18.9 Å². The van der Waals surface area contributed by atoms with E-state index in [1.165, 1.54) is 13.8 Å². The van der Waals surface area contributed by atoms with Crippen LogP contribution in [0.25, 0.3) is 0 Å². The van der Waals surface area contributed by atoms with Gasteiger partial charge in [-0.3, -0.25) is 9.59 Å². The highest BCUT2D eigenvalue weighted by molar-refractivity contribution is 5.66. The fourth-order valence-corrected chi connectivity index (χ4v) is 1.88. The summed E-state index contributed by atoms with van der Waals surface area (Å²) in [6, 6.07) is 7.35. The molecule has 1 rings (SSSR count). The Morgan fingerprint density at radius 3 is 1.96 bits per heavy atom. The van der Waals surface area contributed by atoms with Crippen LogP contribution in [0.5, 0.6) is 5.75 Å². The number of aliphatic hydroxyl groups excluding tert-OH is 1. The van der Waals surface area contributed by atoms with E-state index in [0.29, 0.717) is 6.61 Å². The first-order chi connectivity index (χ1) is 11.4. The molecule has 0 saturated carbocycles. The predicted molar refractivity (Wildman–Crippen MR) is 85.4 cm³/mol. The molecule has 0 fully saturated rings. The lowest BCUT2D eigenvalue weighted by Crippen LogP contribution is -2.41. The number of hydrogen-bond acceptors (Lipinski definition) is 7. The van der Waals surface area contributed by atoms with Crippen molar-refractivity contribution in [2.45, 2.75) is 20.5 Å². The van der Waals surface area contributed by atoms with Crippen LogP contribution >= 0.6 is 0 Å². The molecule has 24 heavy (non-hydrogen) atoms. The fraction of sp³-hybridized carbons (Fsp3) is 0.529. The van der Waals surface area contributed by atoms with E-state index < -0.39 is 17.4 Å². The van der Waals surface area contributed by atoms with Gasteiger partial charge in [0.25, 0.3) is 0 Å². The number of ether oxygens (including phenoxy) is 4. The molecule has 0 aliphatic rings. The van der Waals surface area contributed by atoms with Gasteiger partial charge >= 0.3 is 11.9 Å². The third-order valence-electron chi connectivity index (χ3n) is 3.33. The summed E-state index contributed by atoms with van der Waals surface area (Å²) in [5.74, 6) is -0.218. The van der Waals surface area contributed by atoms with Gasteiger partial charge in [-0.25, -0.2) is 0 Å². The van der Waals surface area contributed by atoms with Crippen LogP contribution in [0.3, 0.4) is 0 Å². The maximum atomic E-state index is 11.0. The van der Waals surface area contributed by atoms with Crippen molar-refractivity contribution in [1.29, 1.82) is 0 Å². The maximum absolute atomic E-state index is 11.0. The topological polar surface area (TPSA) is 91.3 Å². The third-order valence-corrected chi connectivity index (χ3v) is 3.33. The van der Waals surface area contributed by atoms with Gasteiger partial charge in [0, 0.05) is 13.8 Å². The SMILES string of the molecule is COc1ccc(COCC(CO)(COC(C)=O)COC(C)=O)cc1. The zero-order chi connectivity index (χ0) is 18.0. The molecule has 0 unspecified atom stereocenters. The standard InChI is InChI=1S/C17H24O7/c1-13(19)23-11-17(9-18,12-24-14(2)20)10-22-8-15-4-6-16(21-3)7-5-15/h4-7,18H,8-12H2,1-3H3. The summed E-state index contributed by atoms with van der Waals surface area (Å²) >= 11 is 0. The highest BCUT2D eigenvalue weighted by Crippen LogP contribution is 2.20. The second-order valence-corrected chi connectivity index (χ2v) is 5.56. The molecule has 1 N–H and O–H groups in total. The second kappa shape index (κ2) is 9.89. The molecule has 7 nitrogen and oxygen atoms in total. The molecule has 7 heteroatoms. The van der Waals surface area contributed by atoms with Gasteiger partial charge in [0.15, 0.2) is 0 Å². The number of aliphatic hydroxyl groups is 1. The van der Waals surface area contributed by atoms with Crippen molar-refractivity contribution in [3.05, 3.63) is 29.8 Å². The number of hydrogen-bond donors (Lipinski definition) is 1. The van der Waals surface area contributed by atoms with E-state index in [2.05, 4.69) is 0 Å². The van der Waals surface area contributed by atoms with Crippen molar-refractivity contribution in [1.82, 2.24) is 0 Å². The lowest BCUT2D eigenvalue weighted by atomic mass is 9.92. The molecular formula is C17H24O7. The van der Waals surface area contributed by atoms with E-state index in [1.54, 1.807) is 7.11 Å². The van der Waals surface area contributed by atoms with Crippen LogP contribution in [0.4, 0.5) is 0 Å². The molecule has 0 amide bonds. The first-order valence-electron chi connectivity index (χ1n) is 7.49. The van der Waals surface area contributed by atoms with Crippen LogP contribution in [-0.4, -0.2) is 50.6 Å². The molecule has 0 aromatic heterocycles. The van der Waals surface area contributed by atoms with Gasteiger partial charge in [-0.1, -0.05) is 12.1 Å². The monoisotopic (exact) mass is 340 g/mol. The molecule has 0 aliphatic heterocycles. The summed E-state index contributed by atoms with van der Waals surface area (Å²) in [5.41, 5.74) is -0.0771. The normalized spacial score (nSPS) is 11.0. The first-order valence-corrected chi connectivity index (χ1v) is 7.49. The average Bonchev–Trinajstić information content (AvgIpc) is 2.57. The van der Waals surface area contributed by atoms with Gasteiger partial charge in [0.1, 0.15) is 19.0 Å². The number of rotatable bonds is 10. The number of carbonyl (C=O) groups excluding carboxylic acids is 2. The van der Waals surface area contributed by atoms with Crippen molar-refractivity contribution in [2.75, 3.05) is 33.5 Å². The quantitative estimate of drug-likeness (QED) is 0.642. The largest absolute Gasteiger partial charge is 0.497 e. The molecule has 0 aliphatic carbocycles. The van der Waals surface area contributed by atoms with E-state index in [9.17, 15) is 14.7 Å². The molecule has 0 radical (unpaired) electrons. The molecule has 1 aromatic carbocycles. The molecular weight excluding hydrogens is 316 g/mol. The summed E-state index contributed by atoms with van der Waals surface area (Å²) in [4.78, 5) is 22.1. The van der Waals surface area contributed by atoms with Gasteiger partial charge in [0.05, 0.1) is 32.3 Å². The molecule has 0 heterocycles. The number of methoxy groups -OCH3 is 1. The third kappa shape index (κ3) is 6.97. The van der Waals surface area contributed by atoms with Gasteiger partial charge < -0.3 is 24.1 Å². The minimum atomic E-state index is -0.996. The highest BCUT2D eigenvalue weighted by atomic mass is 16.6. The molecule has 0 bridgehead atoms. The Hall–Kier alpha value is -2.12. The summed E-state index contributed by atoms with van der Waals surface area (Å²) in [7, 11) is 1.59. The van der Waals surface area contributed by atoms with Gasteiger partial charge in [0.2, 0.25) is 0 Å².